The van der Waals surface area contributed by atoms with Gasteiger partial charge in [-0.2, -0.15) is 0 Å². The zero-order valence-electron chi connectivity index (χ0n) is 14.4. The summed E-state index contributed by atoms with van der Waals surface area (Å²) in [6.07, 6.45) is 11.0. The van der Waals surface area contributed by atoms with Crippen molar-refractivity contribution in [3.8, 4) is 16.9 Å². The number of ether oxygens (including phenoxy) is 1. The Morgan fingerprint density at radius 3 is 2.68 bits per heavy atom. The van der Waals surface area contributed by atoms with Crippen molar-refractivity contribution in [1.82, 2.24) is 9.97 Å². The molecule has 4 nitrogen and oxygen atoms in total. The van der Waals surface area contributed by atoms with Crippen LogP contribution in [0.5, 0.6) is 5.75 Å². The molecule has 1 heterocycles. The predicted molar refractivity (Wildman–Crippen MR) is 97.7 cm³/mol. The SMILES string of the molecule is C=CCOc1ccc(-c2cnc(C=CCCCC(C)O)nc2)cc1F. The van der Waals surface area contributed by atoms with Gasteiger partial charge in [0.15, 0.2) is 17.4 Å². The molecule has 2 aromatic rings. The number of hydrogen-bond acceptors (Lipinski definition) is 4. The fraction of sp³-hybridized carbons (Fsp3) is 0.300. The number of benzene rings is 1. The fourth-order valence-electron chi connectivity index (χ4n) is 2.24. The topological polar surface area (TPSA) is 55.2 Å². The van der Waals surface area contributed by atoms with E-state index in [1.165, 1.54) is 6.07 Å². The van der Waals surface area contributed by atoms with E-state index in [9.17, 15) is 9.50 Å². The van der Waals surface area contributed by atoms with Crippen LogP contribution in [0.1, 0.15) is 32.0 Å². The summed E-state index contributed by atoms with van der Waals surface area (Å²) in [6, 6.07) is 4.76. The second-order valence-electron chi connectivity index (χ2n) is 5.76. The molecule has 1 aromatic heterocycles. The van der Waals surface area contributed by atoms with E-state index in [-0.39, 0.29) is 18.5 Å². The summed E-state index contributed by atoms with van der Waals surface area (Å²) in [5.41, 5.74) is 1.43. The third kappa shape index (κ3) is 6.12. The van der Waals surface area contributed by atoms with Gasteiger partial charge in [0.25, 0.3) is 0 Å². The Labute approximate surface area is 147 Å². The van der Waals surface area contributed by atoms with Crippen LogP contribution in [0.4, 0.5) is 4.39 Å². The molecule has 0 radical (unpaired) electrons. The monoisotopic (exact) mass is 342 g/mol. The van der Waals surface area contributed by atoms with Crippen LogP contribution in [0.2, 0.25) is 0 Å². The summed E-state index contributed by atoms with van der Waals surface area (Å²) in [5, 5.41) is 9.20. The Hall–Kier alpha value is -2.53. The zero-order valence-corrected chi connectivity index (χ0v) is 14.4. The smallest absolute Gasteiger partial charge is 0.165 e. The number of allylic oxidation sites excluding steroid dienone is 1. The van der Waals surface area contributed by atoms with Crippen molar-refractivity contribution < 1.29 is 14.2 Å². The number of unbranched alkanes of at least 4 members (excludes halogenated alkanes) is 1. The van der Waals surface area contributed by atoms with Crippen molar-refractivity contribution in [3.63, 3.8) is 0 Å². The summed E-state index contributed by atoms with van der Waals surface area (Å²) < 4.78 is 19.2. The standard InChI is InChI=1S/C20H23FN2O2/c1-3-11-25-19-10-9-16(12-18(19)21)17-13-22-20(23-14-17)8-6-4-5-7-15(2)24/h3,6,8-10,12-15,24H,1,4-5,7,11H2,2H3. The molecular formula is C20H23FN2O2. The van der Waals surface area contributed by atoms with Crippen molar-refractivity contribution in [2.24, 2.45) is 0 Å². The van der Waals surface area contributed by atoms with Crippen LogP contribution >= 0.6 is 0 Å². The Kier molecular flexibility index (Phi) is 7.29. The first kappa shape index (κ1) is 18.8. The number of aromatic nitrogens is 2. The van der Waals surface area contributed by atoms with E-state index in [1.54, 1.807) is 37.5 Å². The van der Waals surface area contributed by atoms with Gasteiger partial charge in [-0.15, -0.1) is 0 Å². The molecule has 0 spiro atoms. The molecule has 0 saturated heterocycles. The first-order valence-electron chi connectivity index (χ1n) is 8.30. The van der Waals surface area contributed by atoms with Crippen molar-refractivity contribution in [2.45, 2.75) is 32.3 Å². The third-order valence-corrected chi connectivity index (χ3v) is 3.55. The van der Waals surface area contributed by atoms with Gasteiger partial charge in [0.1, 0.15) is 6.61 Å². The van der Waals surface area contributed by atoms with Gasteiger partial charge >= 0.3 is 0 Å². The minimum absolute atomic E-state index is 0.196. The summed E-state index contributed by atoms with van der Waals surface area (Å²) >= 11 is 0. The highest BCUT2D eigenvalue weighted by Crippen LogP contribution is 2.25. The Bertz CT molecular complexity index is 712. The average Bonchev–Trinajstić information content (AvgIpc) is 2.60. The number of aliphatic hydroxyl groups excluding tert-OH is 1. The van der Waals surface area contributed by atoms with Gasteiger partial charge in [-0.05, 0) is 50.0 Å². The van der Waals surface area contributed by atoms with E-state index in [0.29, 0.717) is 11.4 Å². The van der Waals surface area contributed by atoms with E-state index in [4.69, 9.17) is 4.74 Å². The molecular weight excluding hydrogens is 319 g/mol. The van der Waals surface area contributed by atoms with Gasteiger partial charge in [0, 0.05) is 18.0 Å². The highest BCUT2D eigenvalue weighted by atomic mass is 19.1. The van der Waals surface area contributed by atoms with Crippen LogP contribution in [0.25, 0.3) is 17.2 Å². The molecule has 0 fully saturated rings. The number of halogens is 1. The van der Waals surface area contributed by atoms with Crippen LogP contribution in [-0.2, 0) is 0 Å². The molecule has 0 aliphatic carbocycles. The van der Waals surface area contributed by atoms with E-state index in [2.05, 4.69) is 16.5 Å². The molecule has 1 aromatic carbocycles. The van der Waals surface area contributed by atoms with Gasteiger partial charge < -0.3 is 9.84 Å². The highest BCUT2D eigenvalue weighted by molar-refractivity contribution is 5.63. The van der Waals surface area contributed by atoms with Crippen LogP contribution < -0.4 is 4.74 Å². The average molecular weight is 342 g/mol. The quantitative estimate of drug-likeness (QED) is 0.542. The summed E-state index contributed by atoms with van der Waals surface area (Å²) in [6.45, 7) is 5.58. The minimum Gasteiger partial charge on any atom is -0.486 e. The molecule has 1 N–H and O–H groups in total. The molecule has 1 unspecified atom stereocenters. The van der Waals surface area contributed by atoms with Gasteiger partial charge in [0.2, 0.25) is 0 Å². The predicted octanol–water partition coefficient (Wildman–Crippen LogP) is 4.41. The van der Waals surface area contributed by atoms with Crippen molar-refractivity contribution in [2.75, 3.05) is 6.61 Å². The lowest BCUT2D eigenvalue weighted by Gasteiger charge is -2.07. The van der Waals surface area contributed by atoms with E-state index >= 15 is 0 Å². The molecule has 0 bridgehead atoms. The lowest BCUT2D eigenvalue weighted by atomic mass is 10.1. The minimum atomic E-state index is -0.429. The van der Waals surface area contributed by atoms with Gasteiger partial charge in [0.05, 0.1) is 6.10 Å². The van der Waals surface area contributed by atoms with Crippen LogP contribution in [0.3, 0.4) is 0 Å². The molecule has 0 saturated carbocycles. The molecule has 2 rings (SSSR count). The van der Waals surface area contributed by atoms with Gasteiger partial charge in [-0.3, -0.25) is 0 Å². The van der Waals surface area contributed by atoms with Crippen LogP contribution in [-0.4, -0.2) is 27.8 Å². The second-order valence-corrected chi connectivity index (χ2v) is 5.76. The Morgan fingerprint density at radius 1 is 1.28 bits per heavy atom. The first-order chi connectivity index (χ1) is 12.1. The van der Waals surface area contributed by atoms with E-state index in [1.807, 2.05) is 12.2 Å². The molecule has 25 heavy (non-hydrogen) atoms. The maximum absolute atomic E-state index is 14.0. The van der Waals surface area contributed by atoms with Gasteiger partial charge in [-0.1, -0.05) is 24.8 Å². The lowest BCUT2D eigenvalue weighted by molar-refractivity contribution is 0.182. The summed E-state index contributed by atoms with van der Waals surface area (Å²) in [4.78, 5) is 8.55. The van der Waals surface area contributed by atoms with Crippen LogP contribution in [0, 0.1) is 5.82 Å². The lowest BCUT2D eigenvalue weighted by Crippen LogP contribution is -1.97. The van der Waals surface area contributed by atoms with Crippen molar-refractivity contribution in [3.05, 3.63) is 61.0 Å². The molecule has 0 amide bonds. The first-order valence-corrected chi connectivity index (χ1v) is 8.30. The zero-order chi connectivity index (χ0) is 18.1. The van der Waals surface area contributed by atoms with E-state index < -0.39 is 5.82 Å². The summed E-state index contributed by atoms with van der Waals surface area (Å²) in [5.74, 6) is 0.370. The fourth-order valence-corrected chi connectivity index (χ4v) is 2.24. The molecule has 5 heteroatoms. The Balaban J connectivity index is 1.98. The number of nitrogens with zero attached hydrogens (tertiary/aromatic N) is 2. The summed E-state index contributed by atoms with van der Waals surface area (Å²) in [7, 11) is 0. The normalized spacial score (nSPS) is 12.3. The largest absolute Gasteiger partial charge is 0.486 e. The number of rotatable bonds is 9. The molecule has 0 aliphatic rings. The molecule has 1 atom stereocenters. The highest BCUT2D eigenvalue weighted by Gasteiger charge is 2.06. The Morgan fingerprint density at radius 2 is 2.04 bits per heavy atom. The third-order valence-electron chi connectivity index (χ3n) is 3.55. The number of hydrogen-bond donors (Lipinski definition) is 1. The van der Waals surface area contributed by atoms with E-state index in [0.717, 1.165) is 24.8 Å². The second kappa shape index (κ2) is 9.69. The van der Waals surface area contributed by atoms with Crippen LogP contribution in [0.15, 0.2) is 49.3 Å². The molecule has 132 valence electrons. The number of aliphatic hydroxyl groups is 1. The maximum atomic E-state index is 14.0. The molecule has 0 aliphatic heterocycles. The van der Waals surface area contributed by atoms with Crippen molar-refractivity contribution >= 4 is 6.08 Å². The van der Waals surface area contributed by atoms with Gasteiger partial charge in [-0.25, -0.2) is 14.4 Å². The maximum Gasteiger partial charge on any atom is 0.165 e. The van der Waals surface area contributed by atoms with Crippen molar-refractivity contribution in [1.29, 1.82) is 0 Å².